The summed E-state index contributed by atoms with van der Waals surface area (Å²) in [4.78, 5) is 17.0. The van der Waals surface area contributed by atoms with E-state index in [1.807, 2.05) is 18.2 Å². The van der Waals surface area contributed by atoms with Crippen molar-refractivity contribution >= 4 is 11.6 Å². The lowest BCUT2D eigenvalue weighted by molar-refractivity contribution is 0.0915. The zero-order valence-corrected chi connectivity index (χ0v) is 17.0. The van der Waals surface area contributed by atoms with Crippen molar-refractivity contribution in [3.05, 3.63) is 65.0 Å². The molecule has 2 aromatic carbocycles. The molecule has 1 N–H and O–H groups in total. The van der Waals surface area contributed by atoms with Crippen molar-refractivity contribution in [3.63, 3.8) is 0 Å². The minimum absolute atomic E-state index is 0.179. The lowest BCUT2D eigenvalue weighted by Crippen LogP contribution is -2.36. The summed E-state index contributed by atoms with van der Waals surface area (Å²) < 4.78 is 13.5. The molecule has 2 aliphatic rings. The van der Waals surface area contributed by atoms with Crippen molar-refractivity contribution in [3.8, 4) is 0 Å². The van der Waals surface area contributed by atoms with Crippen LogP contribution in [0, 0.1) is 11.7 Å². The van der Waals surface area contributed by atoms with E-state index in [0.29, 0.717) is 18.7 Å². The number of anilines is 1. The molecule has 2 heterocycles. The van der Waals surface area contributed by atoms with Gasteiger partial charge in [0.05, 0.1) is 6.10 Å². The zero-order valence-electron chi connectivity index (χ0n) is 17.0. The summed E-state index contributed by atoms with van der Waals surface area (Å²) in [5.41, 5.74) is 3.21. The van der Waals surface area contributed by atoms with Crippen LogP contribution >= 0.6 is 0 Å². The maximum atomic E-state index is 13.5. The lowest BCUT2D eigenvalue weighted by Gasteiger charge is -2.33. The maximum Gasteiger partial charge on any atom is 0.258 e. The van der Waals surface area contributed by atoms with E-state index in [2.05, 4.69) is 11.8 Å². The fraction of sp³-hybridized carbons (Fsp3) is 0.458. The molecule has 0 aromatic heterocycles. The Hall–Kier alpha value is -2.24. The smallest absolute Gasteiger partial charge is 0.258 e. The predicted octanol–water partition coefficient (Wildman–Crippen LogP) is 4.18. The molecule has 154 valence electrons. The molecule has 2 aromatic rings. The Morgan fingerprint density at radius 3 is 2.72 bits per heavy atom. The van der Waals surface area contributed by atoms with E-state index in [-0.39, 0.29) is 5.91 Å². The van der Waals surface area contributed by atoms with E-state index in [1.165, 1.54) is 25.0 Å². The fourth-order valence-electron chi connectivity index (χ4n) is 4.41. The van der Waals surface area contributed by atoms with Gasteiger partial charge in [0.1, 0.15) is 5.82 Å². The summed E-state index contributed by atoms with van der Waals surface area (Å²) in [6.45, 7) is 5.64. The number of likely N-dealkylation sites (tertiary alicyclic amines) is 1. The first kappa shape index (κ1) is 20.0. The van der Waals surface area contributed by atoms with Crippen molar-refractivity contribution in [2.75, 3.05) is 31.1 Å². The van der Waals surface area contributed by atoms with Gasteiger partial charge in [-0.25, -0.2) is 4.39 Å². The van der Waals surface area contributed by atoms with E-state index < -0.39 is 11.9 Å². The summed E-state index contributed by atoms with van der Waals surface area (Å²) >= 11 is 0. The molecule has 0 radical (unpaired) electrons. The van der Waals surface area contributed by atoms with Crippen molar-refractivity contribution in [1.82, 2.24) is 4.90 Å². The van der Waals surface area contributed by atoms with Crippen molar-refractivity contribution in [2.24, 2.45) is 5.92 Å². The Balaban J connectivity index is 1.50. The third kappa shape index (κ3) is 4.51. The molecule has 2 aliphatic heterocycles. The lowest BCUT2D eigenvalue weighted by atomic mass is 9.95. The predicted molar refractivity (Wildman–Crippen MR) is 113 cm³/mol. The Kier molecular flexibility index (Phi) is 5.97. The number of hydrogen-bond acceptors (Lipinski definition) is 3. The van der Waals surface area contributed by atoms with Crippen LogP contribution in [0.4, 0.5) is 10.1 Å². The topological polar surface area (TPSA) is 43.8 Å². The van der Waals surface area contributed by atoms with Crippen LogP contribution in [-0.4, -0.2) is 42.1 Å². The summed E-state index contributed by atoms with van der Waals surface area (Å²) in [6.07, 6.45) is 3.59. The number of rotatable bonds is 4. The highest BCUT2D eigenvalue weighted by atomic mass is 19.1. The molecule has 0 spiro atoms. The van der Waals surface area contributed by atoms with Gasteiger partial charge in [-0.15, -0.1) is 0 Å². The number of carbonyl (C=O) groups excluding carboxylic acids is 1. The second-order valence-corrected chi connectivity index (χ2v) is 8.46. The highest BCUT2D eigenvalue weighted by Gasteiger charge is 2.25. The number of hydrogen-bond donors (Lipinski definition) is 1. The Morgan fingerprint density at radius 2 is 1.97 bits per heavy atom. The quantitative estimate of drug-likeness (QED) is 0.843. The monoisotopic (exact) mass is 396 g/mol. The van der Waals surface area contributed by atoms with Crippen LogP contribution in [0.15, 0.2) is 42.5 Å². The number of benzene rings is 2. The molecule has 0 bridgehead atoms. The molecular formula is C24H29FN2O2. The van der Waals surface area contributed by atoms with Gasteiger partial charge in [-0.1, -0.05) is 25.1 Å². The summed E-state index contributed by atoms with van der Waals surface area (Å²) in [6, 6.07) is 11.7. The molecule has 29 heavy (non-hydrogen) atoms. The molecule has 1 saturated heterocycles. The first-order valence-electron chi connectivity index (χ1n) is 10.6. The van der Waals surface area contributed by atoms with E-state index in [1.54, 1.807) is 17.0 Å². The molecule has 4 rings (SSSR count). The van der Waals surface area contributed by atoms with E-state index in [9.17, 15) is 14.3 Å². The van der Waals surface area contributed by atoms with E-state index >= 15 is 0 Å². The molecule has 0 aliphatic carbocycles. The fourth-order valence-corrected chi connectivity index (χ4v) is 4.41. The van der Waals surface area contributed by atoms with Gasteiger partial charge in [-0.3, -0.25) is 4.79 Å². The Labute approximate surface area is 171 Å². The van der Waals surface area contributed by atoms with Gasteiger partial charge in [0.2, 0.25) is 0 Å². The van der Waals surface area contributed by atoms with Crippen molar-refractivity contribution in [2.45, 2.75) is 38.7 Å². The van der Waals surface area contributed by atoms with Crippen LogP contribution in [0.25, 0.3) is 0 Å². The van der Waals surface area contributed by atoms with Gasteiger partial charge < -0.3 is 14.9 Å². The van der Waals surface area contributed by atoms with Crippen LogP contribution in [0.2, 0.25) is 0 Å². The number of aliphatic hydroxyl groups is 1. The van der Waals surface area contributed by atoms with Crippen molar-refractivity contribution < 1.29 is 14.3 Å². The highest BCUT2D eigenvalue weighted by Crippen LogP contribution is 2.31. The number of fused-ring (bicyclic) bond motifs is 1. The molecular weight excluding hydrogens is 367 g/mol. The first-order valence-corrected chi connectivity index (χ1v) is 10.6. The van der Waals surface area contributed by atoms with Gasteiger partial charge in [0.15, 0.2) is 0 Å². The molecule has 0 saturated carbocycles. The molecule has 1 amide bonds. The van der Waals surface area contributed by atoms with Crippen LogP contribution in [0.1, 0.15) is 53.8 Å². The molecule has 4 nitrogen and oxygen atoms in total. The number of amides is 1. The van der Waals surface area contributed by atoms with Crippen LogP contribution < -0.4 is 4.90 Å². The van der Waals surface area contributed by atoms with E-state index in [0.717, 1.165) is 48.7 Å². The van der Waals surface area contributed by atoms with Gasteiger partial charge in [-0.2, -0.15) is 0 Å². The molecule has 1 fully saturated rings. The minimum atomic E-state index is -0.525. The average Bonchev–Trinajstić information content (AvgIpc) is 2.74. The molecule has 1 atom stereocenters. The Morgan fingerprint density at radius 1 is 1.17 bits per heavy atom. The van der Waals surface area contributed by atoms with Gasteiger partial charge >= 0.3 is 0 Å². The summed E-state index contributed by atoms with van der Waals surface area (Å²) in [5, 5.41) is 10.8. The van der Waals surface area contributed by atoms with Crippen LogP contribution in [0.5, 0.6) is 0 Å². The van der Waals surface area contributed by atoms with Gasteiger partial charge in [0.25, 0.3) is 5.91 Å². The second kappa shape index (κ2) is 8.64. The van der Waals surface area contributed by atoms with Crippen molar-refractivity contribution in [1.29, 1.82) is 0 Å². The first-order chi connectivity index (χ1) is 14.0. The number of aliphatic hydroxyl groups excluding tert-OH is 1. The Bertz CT molecular complexity index is 877. The van der Waals surface area contributed by atoms with Crippen LogP contribution in [-0.2, 0) is 6.42 Å². The summed E-state index contributed by atoms with van der Waals surface area (Å²) in [7, 11) is 0. The summed E-state index contributed by atoms with van der Waals surface area (Å²) in [5.74, 6) is 0.189. The van der Waals surface area contributed by atoms with Gasteiger partial charge in [0, 0.05) is 24.3 Å². The zero-order chi connectivity index (χ0) is 20.4. The van der Waals surface area contributed by atoms with Gasteiger partial charge in [-0.05, 0) is 80.1 Å². The number of aryl methyl sites for hydroxylation is 1. The van der Waals surface area contributed by atoms with E-state index in [4.69, 9.17) is 0 Å². The second-order valence-electron chi connectivity index (χ2n) is 8.46. The third-order valence-corrected chi connectivity index (χ3v) is 6.23. The SMILES string of the molecule is CC1CCN(CC(O)c2ccc3c(c2)CCCN3C(=O)c2cccc(F)c2)CC1. The highest BCUT2D eigenvalue weighted by molar-refractivity contribution is 6.06. The molecule has 1 unspecified atom stereocenters. The number of carbonyl (C=O) groups is 1. The largest absolute Gasteiger partial charge is 0.387 e. The normalized spacial score (nSPS) is 19.1. The maximum absolute atomic E-state index is 13.5. The number of halogens is 1. The minimum Gasteiger partial charge on any atom is -0.387 e. The number of β-amino-alcohol motifs (C(OH)–C–C–N with tert-alkyl or cyclic N) is 1. The molecule has 5 heteroatoms. The van der Waals surface area contributed by atoms with Crippen LogP contribution in [0.3, 0.4) is 0 Å². The standard InChI is InChI=1S/C24H29FN2O2/c1-17-9-12-26(13-10-17)16-23(28)19-7-8-22-18(14-19)5-3-11-27(22)24(29)20-4-2-6-21(25)15-20/h2,4,6-8,14-15,17,23,28H,3,5,9-13,16H2,1H3. The average molecular weight is 397 g/mol. The number of nitrogens with zero attached hydrogens (tertiary/aromatic N) is 2. The third-order valence-electron chi connectivity index (χ3n) is 6.23. The number of piperidine rings is 1.